The molecular formula is C13H18O. The van der Waals surface area contributed by atoms with Crippen molar-refractivity contribution in [2.45, 2.75) is 25.4 Å². The second-order valence-corrected chi connectivity index (χ2v) is 4.96. The molecule has 0 aromatic heterocycles. The summed E-state index contributed by atoms with van der Waals surface area (Å²) in [5.74, 6) is 3.60. The number of hydrogen-bond donors (Lipinski definition) is 0. The summed E-state index contributed by atoms with van der Waals surface area (Å²) in [4.78, 5) is 0. The van der Waals surface area contributed by atoms with Crippen LogP contribution in [0.2, 0.25) is 0 Å². The Morgan fingerprint density at radius 1 is 1.36 bits per heavy atom. The quantitative estimate of drug-likeness (QED) is 0.622. The third-order valence-electron chi connectivity index (χ3n) is 4.37. The highest BCUT2D eigenvalue weighted by Gasteiger charge is 2.52. The van der Waals surface area contributed by atoms with Gasteiger partial charge in [0.05, 0.1) is 12.7 Å². The lowest BCUT2D eigenvalue weighted by atomic mass is 9.80. The van der Waals surface area contributed by atoms with E-state index in [1.165, 1.54) is 19.3 Å². The van der Waals surface area contributed by atoms with Crippen molar-refractivity contribution in [2.75, 3.05) is 6.61 Å². The van der Waals surface area contributed by atoms with Gasteiger partial charge in [0, 0.05) is 0 Å². The van der Waals surface area contributed by atoms with Crippen molar-refractivity contribution < 1.29 is 4.74 Å². The summed E-state index contributed by atoms with van der Waals surface area (Å²) in [6.07, 6.45) is 11.3. The highest BCUT2D eigenvalue weighted by molar-refractivity contribution is 5.14. The zero-order valence-electron chi connectivity index (χ0n) is 8.56. The predicted molar refractivity (Wildman–Crippen MR) is 56.9 cm³/mol. The Labute approximate surface area is 85.8 Å². The highest BCUT2D eigenvalue weighted by Crippen LogP contribution is 2.57. The van der Waals surface area contributed by atoms with Gasteiger partial charge in [0.2, 0.25) is 0 Å². The summed E-state index contributed by atoms with van der Waals surface area (Å²) >= 11 is 0. The molecule has 0 aromatic rings. The summed E-state index contributed by atoms with van der Waals surface area (Å²) < 4.78 is 5.85. The lowest BCUT2D eigenvalue weighted by Gasteiger charge is -2.31. The van der Waals surface area contributed by atoms with Crippen molar-refractivity contribution in [2.24, 2.45) is 23.7 Å². The molecule has 5 atom stereocenters. The second-order valence-electron chi connectivity index (χ2n) is 4.96. The van der Waals surface area contributed by atoms with Crippen LogP contribution in [0.25, 0.3) is 0 Å². The minimum absolute atomic E-state index is 0.541. The van der Waals surface area contributed by atoms with E-state index in [4.69, 9.17) is 4.74 Å². The fourth-order valence-electron chi connectivity index (χ4n) is 3.88. The molecular weight excluding hydrogens is 172 g/mol. The van der Waals surface area contributed by atoms with Crippen molar-refractivity contribution in [1.82, 2.24) is 0 Å². The zero-order valence-corrected chi connectivity index (χ0v) is 8.56. The van der Waals surface area contributed by atoms with Crippen molar-refractivity contribution in [3.05, 3.63) is 24.8 Å². The monoisotopic (exact) mass is 190 g/mol. The van der Waals surface area contributed by atoms with E-state index in [1.807, 2.05) is 6.08 Å². The summed E-state index contributed by atoms with van der Waals surface area (Å²) in [5, 5.41) is 0. The van der Waals surface area contributed by atoms with E-state index in [0.29, 0.717) is 6.10 Å². The molecule has 76 valence electrons. The largest absolute Gasteiger partial charge is 0.374 e. The van der Waals surface area contributed by atoms with Crippen molar-refractivity contribution in [1.29, 1.82) is 0 Å². The first-order valence-corrected chi connectivity index (χ1v) is 5.79. The molecule has 1 heteroatoms. The van der Waals surface area contributed by atoms with Crippen LogP contribution in [0.15, 0.2) is 24.8 Å². The van der Waals surface area contributed by atoms with Gasteiger partial charge in [-0.3, -0.25) is 0 Å². The lowest BCUT2D eigenvalue weighted by Crippen LogP contribution is -2.30. The molecule has 0 radical (unpaired) electrons. The molecule has 0 N–H and O–H groups in total. The average molecular weight is 190 g/mol. The van der Waals surface area contributed by atoms with Crippen LogP contribution < -0.4 is 0 Å². The van der Waals surface area contributed by atoms with Crippen LogP contribution in [0, 0.1) is 23.7 Å². The highest BCUT2D eigenvalue weighted by atomic mass is 16.5. The molecule has 2 saturated carbocycles. The van der Waals surface area contributed by atoms with Crippen LogP contribution in [0.1, 0.15) is 19.3 Å². The minimum Gasteiger partial charge on any atom is -0.374 e. The molecule has 0 aliphatic heterocycles. The zero-order chi connectivity index (χ0) is 9.54. The van der Waals surface area contributed by atoms with Gasteiger partial charge in [-0.15, -0.1) is 6.58 Å². The second kappa shape index (κ2) is 3.23. The average Bonchev–Trinajstić information content (AvgIpc) is 2.85. The number of hydrogen-bond acceptors (Lipinski definition) is 1. The number of fused-ring (bicyclic) bond motifs is 5. The molecule has 0 saturated heterocycles. The van der Waals surface area contributed by atoms with Crippen LogP contribution >= 0.6 is 0 Å². The van der Waals surface area contributed by atoms with Crippen molar-refractivity contribution in [3.63, 3.8) is 0 Å². The van der Waals surface area contributed by atoms with E-state index in [0.717, 1.165) is 30.3 Å². The smallest absolute Gasteiger partial charge is 0.0648 e. The molecule has 2 fully saturated rings. The Morgan fingerprint density at radius 3 is 3.14 bits per heavy atom. The Morgan fingerprint density at radius 2 is 2.29 bits per heavy atom. The molecule has 3 aliphatic rings. The van der Waals surface area contributed by atoms with Gasteiger partial charge in [-0.2, -0.15) is 0 Å². The fraction of sp³-hybridized carbons (Fsp3) is 0.692. The Balaban J connectivity index is 1.69. The molecule has 2 bridgehead atoms. The Hall–Kier alpha value is -0.560. The first-order chi connectivity index (χ1) is 6.90. The standard InChI is InChI=1S/C13H18O/c1-2-6-14-13-8-9-7-12(13)11-5-3-4-10(9)11/h2-4,9-13H,1,5-8H2/t9-,10-,11-,12-,13-/m1/s1. The van der Waals surface area contributed by atoms with E-state index >= 15 is 0 Å². The maximum Gasteiger partial charge on any atom is 0.0648 e. The summed E-state index contributed by atoms with van der Waals surface area (Å²) in [7, 11) is 0. The van der Waals surface area contributed by atoms with Gasteiger partial charge < -0.3 is 4.74 Å². The molecule has 0 aromatic carbocycles. The van der Waals surface area contributed by atoms with Gasteiger partial charge in [-0.1, -0.05) is 18.2 Å². The van der Waals surface area contributed by atoms with E-state index in [2.05, 4.69) is 18.7 Å². The van der Waals surface area contributed by atoms with Gasteiger partial charge in [0.25, 0.3) is 0 Å². The van der Waals surface area contributed by atoms with E-state index < -0.39 is 0 Å². The van der Waals surface area contributed by atoms with E-state index in [1.54, 1.807) is 0 Å². The van der Waals surface area contributed by atoms with E-state index in [9.17, 15) is 0 Å². The predicted octanol–water partition coefficient (Wildman–Crippen LogP) is 2.79. The third kappa shape index (κ3) is 1.12. The summed E-state index contributed by atoms with van der Waals surface area (Å²) in [6, 6.07) is 0. The molecule has 3 rings (SSSR count). The maximum atomic E-state index is 5.85. The van der Waals surface area contributed by atoms with Crippen molar-refractivity contribution in [3.8, 4) is 0 Å². The van der Waals surface area contributed by atoms with E-state index in [-0.39, 0.29) is 0 Å². The molecule has 0 spiro atoms. The van der Waals surface area contributed by atoms with Crippen LogP contribution in [-0.4, -0.2) is 12.7 Å². The van der Waals surface area contributed by atoms with Crippen LogP contribution in [-0.2, 0) is 4.74 Å². The molecule has 3 aliphatic carbocycles. The fourth-order valence-corrected chi connectivity index (χ4v) is 3.88. The molecule has 0 heterocycles. The summed E-state index contributed by atoms with van der Waals surface area (Å²) in [5.41, 5.74) is 0. The number of rotatable bonds is 3. The maximum absolute atomic E-state index is 5.85. The first-order valence-electron chi connectivity index (χ1n) is 5.79. The molecule has 14 heavy (non-hydrogen) atoms. The SMILES string of the molecule is C=CCO[C@@H]1C[C@H]2C[C@@H]1[C@@H]1CC=C[C@H]21. The van der Waals surface area contributed by atoms with Gasteiger partial charge in [-0.05, 0) is 42.9 Å². The van der Waals surface area contributed by atoms with Crippen LogP contribution in [0.3, 0.4) is 0 Å². The number of ether oxygens (including phenoxy) is 1. The number of allylic oxidation sites excluding steroid dienone is 2. The van der Waals surface area contributed by atoms with Gasteiger partial charge in [0.15, 0.2) is 0 Å². The van der Waals surface area contributed by atoms with Gasteiger partial charge in [-0.25, -0.2) is 0 Å². The van der Waals surface area contributed by atoms with Gasteiger partial charge in [0.1, 0.15) is 0 Å². The topological polar surface area (TPSA) is 9.23 Å². The van der Waals surface area contributed by atoms with Gasteiger partial charge >= 0.3 is 0 Å². The summed E-state index contributed by atoms with van der Waals surface area (Å²) in [6.45, 7) is 4.45. The minimum atomic E-state index is 0.541. The Bertz CT molecular complexity index is 268. The molecule has 0 amide bonds. The Kier molecular flexibility index (Phi) is 2.01. The lowest BCUT2D eigenvalue weighted by molar-refractivity contribution is 0.00693. The normalized spacial score (nSPS) is 48.4. The first kappa shape index (κ1) is 8.72. The van der Waals surface area contributed by atoms with Crippen LogP contribution in [0.5, 0.6) is 0 Å². The molecule has 0 unspecified atom stereocenters. The third-order valence-corrected chi connectivity index (χ3v) is 4.37. The molecule has 1 nitrogen and oxygen atoms in total. The van der Waals surface area contributed by atoms with Crippen molar-refractivity contribution >= 4 is 0 Å². The van der Waals surface area contributed by atoms with Crippen LogP contribution in [0.4, 0.5) is 0 Å².